The Morgan fingerprint density at radius 3 is 2.69 bits per heavy atom. The molecule has 2 aliphatic heterocycles. The number of benzene rings is 2. The van der Waals surface area contributed by atoms with Gasteiger partial charge >= 0.3 is 0 Å². The maximum Gasteiger partial charge on any atom is 0.241 e. The van der Waals surface area contributed by atoms with Crippen LogP contribution in [0.25, 0.3) is 11.4 Å². The van der Waals surface area contributed by atoms with Crippen molar-refractivity contribution in [3.8, 4) is 11.4 Å². The summed E-state index contributed by atoms with van der Waals surface area (Å²) in [5.41, 5.74) is 4.55. The molecule has 1 unspecified atom stereocenters. The number of rotatable bonds is 7. The van der Waals surface area contributed by atoms with E-state index in [-0.39, 0.29) is 11.8 Å². The first-order valence-electron chi connectivity index (χ1n) is 12.9. The number of carbonyl (C=O) groups is 1. The van der Waals surface area contributed by atoms with E-state index in [1.165, 1.54) is 24.9 Å². The number of nitrogens with zero attached hydrogens (tertiary/aromatic N) is 4. The van der Waals surface area contributed by atoms with Crippen molar-refractivity contribution in [1.82, 2.24) is 20.4 Å². The van der Waals surface area contributed by atoms with Gasteiger partial charge in [0.2, 0.25) is 17.6 Å². The van der Waals surface area contributed by atoms with E-state index in [2.05, 4.69) is 55.6 Å². The Hall–Kier alpha value is -3.19. The molecule has 1 N–H and O–H groups in total. The molecular formula is C28H35N5O2. The quantitative estimate of drug-likeness (QED) is 0.542. The molecule has 7 nitrogen and oxygen atoms in total. The summed E-state index contributed by atoms with van der Waals surface area (Å²) in [6.07, 6.45) is 5.78. The Labute approximate surface area is 207 Å². The zero-order valence-corrected chi connectivity index (χ0v) is 20.6. The van der Waals surface area contributed by atoms with Crippen LogP contribution in [0.2, 0.25) is 0 Å². The first kappa shape index (κ1) is 23.5. The van der Waals surface area contributed by atoms with E-state index in [0.29, 0.717) is 31.3 Å². The number of piperidine rings is 2. The molecule has 184 valence electrons. The summed E-state index contributed by atoms with van der Waals surface area (Å²) in [4.78, 5) is 22.2. The molecule has 0 radical (unpaired) electrons. The van der Waals surface area contributed by atoms with E-state index in [1.807, 2.05) is 25.1 Å². The molecule has 0 aliphatic carbocycles. The van der Waals surface area contributed by atoms with Gasteiger partial charge in [0.25, 0.3) is 0 Å². The molecule has 3 heterocycles. The van der Waals surface area contributed by atoms with E-state index >= 15 is 0 Å². The molecule has 2 saturated heterocycles. The van der Waals surface area contributed by atoms with Crippen LogP contribution in [0, 0.1) is 12.8 Å². The Bertz CT molecular complexity index is 1120. The fraction of sp³-hybridized carbons (Fsp3) is 0.464. The summed E-state index contributed by atoms with van der Waals surface area (Å²) in [5, 5.41) is 7.30. The number of carbonyl (C=O) groups excluding carboxylic acids is 1. The molecular weight excluding hydrogens is 438 g/mol. The summed E-state index contributed by atoms with van der Waals surface area (Å²) >= 11 is 0. The molecule has 2 aromatic carbocycles. The zero-order valence-electron chi connectivity index (χ0n) is 20.6. The molecule has 35 heavy (non-hydrogen) atoms. The molecule has 1 amide bonds. The van der Waals surface area contributed by atoms with Crippen molar-refractivity contribution in [2.45, 2.75) is 52.1 Å². The molecule has 1 aromatic heterocycles. The number of amides is 1. The average molecular weight is 474 g/mol. The first-order valence-corrected chi connectivity index (χ1v) is 12.9. The van der Waals surface area contributed by atoms with Gasteiger partial charge < -0.3 is 14.7 Å². The maximum absolute atomic E-state index is 12.9. The third-order valence-electron chi connectivity index (χ3n) is 7.10. The SMILES string of the molecule is Cc1cccc(-c2noc(CN3CCCC(C(=O)NCc4ccc(N5CCCCC5)cc4)C3)n2)c1. The highest BCUT2D eigenvalue weighted by molar-refractivity contribution is 5.79. The predicted octanol–water partition coefficient (Wildman–Crippen LogP) is 4.56. The van der Waals surface area contributed by atoms with Crippen molar-refractivity contribution in [3.63, 3.8) is 0 Å². The van der Waals surface area contributed by atoms with Crippen LogP contribution in [-0.2, 0) is 17.9 Å². The first-order chi connectivity index (χ1) is 17.1. The molecule has 0 bridgehead atoms. The maximum atomic E-state index is 12.9. The smallest absolute Gasteiger partial charge is 0.241 e. The minimum atomic E-state index is -0.0180. The summed E-state index contributed by atoms with van der Waals surface area (Å²) in [6, 6.07) is 16.7. The van der Waals surface area contributed by atoms with Gasteiger partial charge in [-0.25, -0.2) is 0 Å². The molecule has 3 aromatic rings. The van der Waals surface area contributed by atoms with Crippen molar-refractivity contribution in [2.75, 3.05) is 31.1 Å². The van der Waals surface area contributed by atoms with Crippen molar-refractivity contribution in [1.29, 1.82) is 0 Å². The summed E-state index contributed by atoms with van der Waals surface area (Å²) in [5.74, 6) is 1.31. The predicted molar refractivity (Wildman–Crippen MR) is 137 cm³/mol. The second-order valence-electron chi connectivity index (χ2n) is 9.89. The number of nitrogens with one attached hydrogen (secondary N) is 1. The minimum absolute atomic E-state index is 0.0180. The third-order valence-corrected chi connectivity index (χ3v) is 7.10. The van der Waals surface area contributed by atoms with Crippen LogP contribution in [0.15, 0.2) is 53.1 Å². The van der Waals surface area contributed by atoms with Crippen LogP contribution in [0.3, 0.4) is 0 Å². The van der Waals surface area contributed by atoms with E-state index < -0.39 is 0 Å². The van der Waals surface area contributed by atoms with Crippen LogP contribution in [-0.4, -0.2) is 47.1 Å². The largest absolute Gasteiger partial charge is 0.372 e. The molecule has 5 rings (SSSR count). The standard InChI is InChI=1S/C28H35N5O2/c1-21-7-5-8-23(17-21)27-30-26(35-31-27)20-32-14-6-9-24(19-32)28(34)29-18-22-10-12-25(13-11-22)33-15-3-2-4-16-33/h5,7-8,10-13,17,24H,2-4,6,9,14-16,18-20H2,1H3,(H,29,34). The zero-order chi connectivity index (χ0) is 24.0. The van der Waals surface area contributed by atoms with E-state index in [9.17, 15) is 4.79 Å². The highest BCUT2D eigenvalue weighted by Gasteiger charge is 2.27. The van der Waals surface area contributed by atoms with Crippen molar-refractivity contribution in [2.24, 2.45) is 5.92 Å². The number of hydrogen-bond donors (Lipinski definition) is 1. The molecule has 2 aliphatic rings. The van der Waals surface area contributed by atoms with Gasteiger partial charge in [-0.3, -0.25) is 9.69 Å². The number of anilines is 1. The number of hydrogen-bond acceptors (Lipinski definition) is 6. The topological polar surface area (TPSA) is 74.5 Å². The Balaban J connectivity index is 1.11. The molecule has 7 heteroatoms. The van der Waals surface area contributed by atoms with Crippen molar-refractivity contribution < 1.29 is 9.32 Å². The number of aromatic nitrogens is 2. The summed E-state index contributed by atoms with van der Waals surface area (Å²) in [6.45, 7) is 7.12. The normalized spacial score (nSPS) is 19.0. The highest BCUT2D eigenvalue weighted by Crippen LogP contribution is 2.22. The summed E-state index contributed by atoms with van der Waals surface area (Å²) < 4.78 is 5.51. The molecule has 0 spiro atoms. The third kappa shape index (κ3) is 6.09. The van der Waals surface area contributed by atoms with Crippen LogP contribution in [0.5, 0.6) is 0 Å². The Morgan fingerprint density at radius 1 is 1.06 bits per heavy atom. The second kappa shape index (κ2) is 11.0. The number of aryl methyl sites for hydroxylation is 1. The van der Waals surface area contributed by atoms with Gasteiger partial charge in [-0.05, 0) is 69.3 Å². The molecule has 0 saturated carbocycles. The van der Waals surface area contributed by atoms with Gasteiger partial charge in [0.05, 0.1) is 12.5 Å². The van der Waals surface area contributed by atoms with Crippen molar-refractivity contribution in [3.05, 3.63) is 65.5 Å². The van der Waals surface area contributed by atoms with Crippen LogP contribution < -0.4 is 10.2 Å². The monoisotopic (exact) mass is 473 g/mol. The minimum Gasteiger partial charge on any atom is -0.372 e. The van der Waals surface area contributed by atoms with E-state index in [4.69, 9.17) is 4.52 Å². The van der Waals surface area contributed by atoms with Crippen LogP contribution in [0.1, 0.15) is 49.1 Å². The molecule has 2 fully saturated rings. The molecule has 1 atom stereocenters. The van der Waals surface area contributed by atoms with Crippen molar-refractivity contribution >= 4 is 11.6 Å². The van der Waals surface area contributed by atoms with Gasteiger partial charge in [0, 0.05) is 37.4 Å². The fourth-order valence-corrected chi connectivity index (χ4v) is 5.14. The number of likely N-dealkylation sites (tertiary alicyclic amines) is 1. The lowest BCUT2D eigenvalue weighted by atomic mass is 9.97. The fourth-order valence-electron chi connectivity index (χ4n) is 5.14. The van der Waals surface area contributed by atoms with Crippen LogP contribution in [0.4, 0.5) is 5.69 Å². The van der Waals surface area contributed by atoms with Crippen LogP contribution >= 0.6 is 0 Å². The summed E-state index contributed by atoms with van der Waals surface area (Å²) in [7, 11) is 0. The van der Waals surface area contributed by atoms with E-state index in [1.54, 1.807) is 0 Å². The van der Waals surface area contributed by atoms with E-state index in [0.717, 1.165) is 49.2 Å². The second-order valence-corrected chi connectivity index (χ2v) is 9.89. The lowest BCUT2D eigenvalue weighted by Crippen LogP contribution is -2.42. The van der Waals surface area contributed by atoms with Gasteiger partial charge in [-0.2, -0.15) is 4.98 Å². The average Bonchev–Trinajstić information content (AvgIpc) is 3.37. The lowest BCUT2D eigenvalue weighted by molar-refractivity contribution is -0.127. The lowest BCUT2D eigenvalue weighted by Gasteiger charge is -2.31. The Kier molecular flexibility index (Phi) is 7.42. The van der Waals surface area contributed by atoms with Gasteiger partial charge in [-0.1, -0.05) is 41.1 Å². The van der Waals surface area contributed by atoms with Gasteiger partial charge in [0.15, 0.2) is 0 Å². The highest BCUT2D eigenvalue weighted by atomic mass is 16.5. The Morgan fingerprint density at radius 2 is 1.89 bits per heavy atom. The van der Waals surface area contributed by atoms with Gasteiger partial charge in [0.1, 0.15) is 0 Å². The van der Waals surface area contributed by atoms with Gasteiger partial charge in [-0.15, -0.1) is 0 Å².